The third kappa shape index (κ3) is 4.50. The Hall–Kier alpha value is -2.20. The lowest BCUT2D eigenvalue weighted by Crippen LogP contribution is -2.38. The molecule has 2 aromatic rings. The van der Waals surface area contributed by atoms with Crippen LogP contribution in [-0.4, -0.2) is 26.0 Å². The fraction of sp³-hybridized carbons (Fsp3) is 0.455. The van der Waals surface area contributed by atoms with Crippen LogP contribution in [0.15, 0.2) is 48.5 Å². The Kier molecular flexibility index (Phi) is 6.04. The van der Waals surface area contributed by atoms with Crippen molar-refractivity contribution in [3.63, 3.8) is 0 Å². The maximum absolute atomic E-state index is 6.23. The summed E-state index contributed by atoms with van der Waals surface area (Å²) in [6.07, 6.45) is 1.16. The number of hydrogen-bond acceptors (Lipinski definition) is 4. The SMILES string of the molecule is COc1ccc2c(c1)OC(C(C)C)C[C@H]2CNC(C)Oc1ccccc1. The summed E-state index contributed by atoms with van der Waals surface area (Å²) in [4.78, 5) is 0. The molecule has 2 unspecified atom stereocenters. The zero-order valence-corrected chi connectivity index (χ0v) is 16.1. The largest absolute Gasteiger partial charge is 0.497 e. The lowest BCUT2D eigenvalue weighted by molar-refractivity contribution is 0.107. The quantitative estimate of drug-likeness (QED) is 0.737. The zero-order chi connectivity index (χ0) is 18.5. The number of ether oxygens (including phenoxy) is 3. The van der Waals surface area contributed by atoms with Gasteiger partial charge in [-0.1, -0.05) is 38.1 Å². The van der Waals surface area contributed by atoms with Crippen molar-refractivity contribution in [1.29, 1.82) is 0 Å². The van der Waals surface area contributed by atoms with Gasteiger partial charge in [0.1, 0.15) is 29.6 Å². The summed E-state index contributed by atoms with van der Waals surface area (Å²) < 4.78 is 17.5. The highest BCUT2D eigenvalue weighted by Crippen LogP contribution is 2.40. The van der Waals surface area contributed by atoms with Gasteiger partial charge in [-0.2, -0.15) is 0 Å². The molecule has 2 aromatic carbocycles. The van der Waals surface area contributed by atoms with E-state index in [1.165, 1.54) is 5.56 Å². The molecule has 26 heavy (non-hydrogen) atoms. The maximum atomic E-state index is 6.23. The molecular formula is C22H29NO3. The van der Waals surface area contributed by atoms with Gasteiger partial charge in [0.2, 0.25) is 0 Å². The van der Waals surface area contributed by atoms with Gasteiger partial charge in [0.25, 0.3) is 0 Å². The summed E-state index contributed by atoms with van der Waals surface area (Å²) >= 11 is 0. The van der Waals surface area contributed by atoms with E-state index in [0.29, 0.717) is 11.8 Å². The van der Waals surface area contributed by atoms with E-state index in [9.17, 15) is 0 Å². The maximum Gasteiger partial charge on any atom is 0.147 e. The summed E-state index contributed by atoms with van der Waals surface area (Å²) in [6, 6.07) is 16.0. The van der Waals surface area contributed by atoms with E-state index < -0.39 is 0 Å². The van der Waals surface area contributed by atoms with Gasteiger partial charge in [-0.15, -0.1) is 0 Å². The fourth-order valence-electron chi connectivity index (χ4n) is 3.35. The van der Waals surface area contributed by atoms with E-state index in [0.717, 1.165) is 30.2 Å². The van der Waals surface area contributed by atoms with Crippen LogP contribution < -0.4 is 19.5 Å². The third-order valence-electron chi connectivity index (χ3n) is 4.91. The van der Waals surface area contributed by atoms with Gasteiger partial charge in [0.15, 0.2) is 0 Å². The molecule has 4 heteroatoms. The smallest absolute Gasteiger partial charge is 0.147 e. The molecule has 0 radical (unpaired) electrons. The summed E-state index contributed by atoms with van der Waals surface area (Å²) in [6.45, 7) is 7.31. The van der Waals surface area contributed by atoms with E-state index in [-0.39, 0.29) is 12.3 Å². The summed E-state index contributed by atoms with van der Waals surface area (Å²) in [5, 5.41) is 3.52. The molecule has 1 aliphatic rings. The minimum Gasteiger partial charge on any atom is -0.497 e. The Morgan fingerprint density at radius 2 is 1.85 bits per heavy atom. The van der Waals surface area contributed by atoms with Crippen LogP contribution >= 0.6 is 0 Å². The van der Waals surface area contributed by atoms with E-state index in [4.69, 9.17) is 14.2 Å². The van der Waals surface area contributed by atoms with Crippen molar-refractivity contribution in [2.24, 2.45) is 5.92 Å². The average molecular weight is 355 g/mol. The Balaban J connectivity index is 1.68. The highest BCUT2D eigenvalue weighted by molar-refractivity contribution is 5.44. The van der Waals surface area contributed by atoms with Crippen molar-refractivity contribution in [3.8, 4) is 17.2 Å². The van der Waals surface area contributed by atoms with Crippen molar-refractivity contribution in [1.82, 2.24) is 5.32 Å². The molecule has 0 bridgehead atoms. The van der Waals surface area contributed by atoms with Gasteiger partial charge in [-0.05, 0) is 43.0 Å². The number of benzene rings is 2. The number of para-hydroxylation sites is 1. The second kappa shape index (κ2) is 8.45. The first-order chi connectivity index (χ1) is 12.6. The Labute approximate surface area is 156 Å². The third-order valence-corrected chi connectivity index (χ3v) is 4.91. The highest BCUT2D eigenvalue weighted by Gasteiger charge is 2.30. The highest BCUT2D eigenvalue weighted by atomic mass is 16.5. The van der Waals surface area contributed by atoms with Crippen LogP contribution in [0, 0.1) is 5.92 Å². The zero-order valence-electron chi connectivity index (χ0n) is 16.1. The molecule has 0 spiro atoms. The normalized spacial score (nSPS) is 20.2. The Morgan fingerprint density at radius 1 is 1.08 bits per heavy atom. The molecule has 1 aliphatic heterocycles. The number of fused-ring (bicyclic) bond motifs is 1. The minimum absolute atomic E-state index is 0.0561. The van der Waals surface area contributed by atoms with Gasteiger partial charge >= 0.3 is 0 Å². The first kappa shape index (κ1) is 18.6. The Morgan fingerprint density at radius 3 is 2.54 bits per heavy atom. The summed E-state index contributed by atoms with van der Waals surface area (Å²) in [7, 11) is 1.69. The predicted octanol–water partition coefficient (Wildman–Crippen LogP) is 4.60. The van der Waals surface area contributed by atoms with Crippen LogP contribution in [0.2, 0.25) is 0 Å². The number of hydrogen-bond donors (Lipinski definition) is 1. The lowest BCUT2D eigenvalue weighted by Gasteiger charge is -2.35. The van der Waals surface area contributed by atoms with Gasteiger partial charge in [0.05, 0.1) is 7.11 Å². The van der Waals surface area contributed by atoms with E-state index in [1.807, 2.05) is 49.4 Å². The van der Waals surface area contributed by atoms with Crippen molar-refractivity contribution in [2.75, 3.05) is 13.7 Å². The second-order valence-electron chi connectivity index (χ2n) is 7.22. The van der Waals surface area contributed by atoms with Gasteiger partial charge in [-0.3, -0.25) is 5.32 Å². The minimum atomic E-state index is -0.0561. The fourth-order valence-corrected chi connectivity index (χ4v) is 3.35. The Bertz CT molecular complexity index is 702. The first-order valence-electron chi connectivity index (χ1n) is 9.36. The van der Waals surface area contributed by atoms with Gasteiger partial charge in [0, 0.05) is 18.5 Å². The summed E-state index contributed by atoms with van der Waals surface area (Å²) in [5.74, 6) is 3.51. The number of rotatable bonds is 7. The second-order valence-corrected chi connectivity index (χ2v) is 7.22. The van der Waals surface area contributed by atoms with Gasteiger partial charge in [-0.25, -0.2) is 0 Å². The average Bonchev–Trinajstić information content (AvgIpc) is 2.66. The van der Waals surface area contributed by atoms with E-state index >= 15 is 0 Å². The van der Waals surface area contributed by atoms with Crippen LogP contribution in [0.25, 0.3) is 0 Å². The first-order valence-corrected chi connectivity index (χ1v) is 9.36. The molecule has 0 saturated carbocycles. The van der Waals surface area contributed by atoms with Crippen molar-refractivity contribution in [2.45, 2.75) is 45.4 Å². The molecule has 4 nitrogen and oxygen atoms in total. The van der Waals surface area contributed by atoms with E-state index in [1.54, 1.807) is 7.11 Å². The summed E-state index contributed by atoms with van der Waals surface area (Å²) in [5.41, 5.74) is 1.24. The molecule has 0 fully saturated rings. The molecule has 0 saturated heterocycles. The van der Waals surface area contributed by atoms with Gasteiger partial charge < -0.3 is 14.2 Å². The number of nitrogens with one attached hydrogen (secondary N) is 1. The van der Waals surface area contributed by atoms with Crippen molar-refractivity contribution < 1.29 is 14.2 Å². The molecule has 140 valence electrons. The van der Waals surface area contributed by atoms with Crippen LogP contribution in [0.3, 0.4) is 0 Å². The topological polar surface area (TPSA) is 39.7 Å². The van der Waals surface area contributed by atoms with Crippen molar-refractivity contribution in [3.05, 3.63) is 54.1 Å². The van der Waals surface area contributed by atoms with E-state index in [2.05, 4.69) is 25.2 Å². The van der Waals surface area contributed by atoms with Crippen LogP contribution in [0.5, 0.6) is 17.2 Å². The molecule has 0 aromatic heterocycles. The molecule has 0 aliphatic carbocycles. The monoisotopic (exact) mass is 355 g/mol. The molecule has 3 rings (SSSR count). The van der Waals surface area contributed by atoms with Crippen molar-refractivity contribution >= 4 is 0 Å². The molecule has 1 N–H and O–H groups in total. The molecule has 3 atom stereocenters. The predicted molar refractivity (Wildman–Crippen MR) is 104 cm³/mol. The van der Waals surface area contributed by atoms with Crippen LogP contribution in [0.4, 0.5) is 0 Å². The molecule has 1 heterocycles. The van der Waals surface area contributed by atoms with Crippen LogP contribution in [0.1, 0.15) is 38.7 Å². The molecular weight excluding hydrogens is 326 g/mol. The molecule has 0 amide bonds. The van der Waals surface area contributed by atoms with Crippen LogP contribution in [-0.2, 0) is 0 Å². The lowest BCUT2D eigenvalue weighted by atomic mass is 9.86. The number of methoxy groups -OCH3 is 1. The standard InChI is InChI=1S/C22H29NO3/c1-15(2)21-12-17(20-11-10-19(24-4)13-22(20)26-21)14-23-16(3)25-18-8-6-5-7-9-18/h5-11,13,15-17,21,23H,12,14H2,1-4H3/t16?,17-,21?/m0/s1.